The number of sulfonamides is 1. The minimum Gasteiger partial charge on any atom is -0.367 e. The van der Waals surface area contributed by atoms with Gasteiger partial charge in [0.05, 0.1) is 5.75 Å². The van der Waals surface area contributed by atoms with Gasteiger partial charge >= 0.3 is 0 Å². The molecular formula is C19H21FN6O2S. The fraction of sp³-hybridized carbons (Fsp3) is 0.211. The fourth-order valence-corrected chi connectivity index (χ4v) is 3.62. The quantitative estimate of drug-likeness (QED) is 0.460. The molecule has 0 bridgehead atoms. The second kappa shape index (κ2) is 9.39. The monoisotopic (exact) mass is 416 g/mol. The van der Waals surface area contributed by atoms with Crippen molar-refractivity contribution in [3.05, 3.63) is 71.7 Å². The summed E-state index contributed by atoms with van der Waals surface area (Å²) in [5, 5.41) is 14.2. The fourth-order valence-electron chi connectivity index (χ4n) is 2.48. The third-order valence-corrected chi connectivity index (χ3v) is 5.22. The van der Waals surface area contributed by atoms with Crippen molar-refractivity contribution in [1.82, 2.24) is 19.9 Å². The summed E-state index contributed by atoms with van der Waals surface area (Å²) >= 11 is 0. The van der Waals surface area contributed by atoms with Crippen molar-refractivity contribution in [2.45, 2.75) is 12.7 Å². The molecule has 0 amide bonds. The number of hydrogen-bond acceptors (Lipinski definition) is 7. The minimum absolute atomic E-state index is 0.179. The highest BCUT2D eigenvalue weighted by Crippen LogP contribution is 2.13. The van der Waals surface area contributed by atoms with Gasteiger partial charge in [0.25, 0.3) is 0 Å². The van der Waals surface area contributed by atoms with Gasteiger partial charge in [-0.2, -0.15) is 0 Å². The molecule has 29 heavy (non-hydrogen) atoms. The number of hydrogen-bond donors (Lipinski definition) is 3. The lowest BCUT2D eigenvalue weighted by Gasteiger charge is -2.09. The molecule has 8 nitrogen and oxygen atoms in total. The van der Waals surface area contributed by atoms with Crippen LogP contribution < -0.4 is 15.4 Å². The standard InChI is InChI=1S/C19H21FN6O2S/c1-14-8-9-21-19(12-14)24-18-7-6-17(25-26-18)22-10-11-23-29(27,28)13-15-2-4-16(20)5-3-15/h2-9,12,23H,10-11,13H2,1H3,(H,22,25)(H,21,24,26). The molecule has 0 saturated carbocycles. The lowest BCUT2D eigenvalue weighted by Crippen LogP contribution is -2.30. The van der Waals surface area contributed by atoms with Gasteiger partial charge in [-0.3, -0.25) is 0 Å². The number of aryl methyl sites for hydroxylation is 1. The second-order valence-electron chi connectivity index (χ2n) is 6.35. The van der Waals surface area contributed by atoms with Crippen LogP contribution in [0.25, 0.3) is 0 Å². The molecule has 0 saturated heterocycles. The molecule has 2 heterocycles. The predicted molar refractivity (Wildman–Crippen MR) is 110 cm³/mol. The van der Waals surface area contributed by atoms with E-state index in [1.807, 2.05) is 19.1 Å². The Morgan fingerprint density at radius 3 is 2.34 bits per heavy atom. The first-order valence-corrected chi connectivity index (χ1v) is 10.5. The number of aromatic nitrogens is 3. The Balaban J connectivity index is 1.43. The molecule has 1 aromatic carbocycles. The van der Waals surface area contributed by atoms with Crippen LogP contribution in [0.1, 0.15) is 11.1 Å². The van der Waals surface area contributed by atoms with E-state index in [2.05, 4.69) is 30.5 Å². The molecular weight excluding hydrogens is 395 g/mol. The van der Waals surface area contributed by atoms with Crippen molar-refractivity contribution in [3.8, 4) is 0 Å². The van der Waals surface area contributed by atoms with Crippen LogP contribution in [0.3, 0.4) is 0 Å². The van der Waals surface area contributed by atoms with Crippen molar-refractivity contribution in [3.63, 3.8) is 0 Å². The highest BCUT2D eigenvalue weighted by molar-refractivity contribution is 7.88. The van der Waals surface area contributed by atoms with E-state index < -0.39 is 15.8 Å². The van der Waals surface area contributed by atoms with Gasteiger partial charge in [0, 0.05) is 19.3 Å². The van der Waals surface area contributed by atoms with Crippen LogP contribution in [0.4, 0.5) is 21.8 Å². The summed E-state index contributed by atoms with van der Waals surface area (Å²) in [7, 11) is -3.51. The first-order valence-electron chi connectivity index (χ1n) is 8.89. The zero-order valence-corrected chi connectivity index (χ0v) is 16.6. The molecule has 3 N–H and O–H groups in total. The summed E-state index contributed by atoms with van der Waals surface area (Å²) in [6.45, 7) is 2.49. The molecule has 0 spiro atoms. The van der Waals surface area contributed by atoms with Gasteiger partial charge in [0.2, 0.25) is 10.0 Å². The molecule has 152 valence electrons. The van der Waals surface area contributed by atoms with E-state index in [0.29, 0.717) is 29.6 Å². The van der Waals surface area contributed by atoms with Crippen LogP contribution in [0, 0.1) is 12.7 Å². The Morgan fingerprint density at radius 2 is 1.66 bits per heavy atom. The Morgan fingerprint density at radius 1 is 0.931 bits per heavy atom. The second-order valence-corrected chi connectivity index (χ2v) is 8.16. The van der Waals surface area contributed by atoms with Crippen molar-refractivity contribution in [1.29, 1.82) is 0 Å². The first-order chi connectivity index (χ1) is 13.9. The number of nitrogens with one attached hydrogen (secondary N) is 3. The van der Waals surface area contributed by atoms with E-state index in [1.165, 1.54) is 24.3 Å². The molecule has 10 heteroatoms. The summed E-state index contributed by atoms with van der Waals surface area (Å²) < 4.78 is 39.5. The number of nitrogens with zero attached hydrogens (tertiary/aromatic N) is 3. The van der Waals surface area contributed by atoms with Crippen LogP contribution in [0.15, 0.2) is 54.7 Å². The minimum atomic E-state index is -3.51. The SMILES string of the molecule is Cc1ccnc(Nc2ccc(NCCNS(=O)(=O)Cc3ccc(F)cc3)nn2)c1. The van der Waals surface area contributed by atoms with Gasteiger partial charge in [-0.15, -0.1) is 10.2 Å². The first kappa shape index (κ1) is 20.6. The van der Waals surface area contributed by atoms with Crippen molar-refractivity contribution < 1.29 is 12.8 Å². The maximum atomic E-state index is 12.9. The molecule has 0 aliphatic heterocycles. The van der Waals surface area contributed by atoms with Crippen molar-refractivity contribution >= 4 is 27.5 Å². The van der Waals surface area contributed by atoms with Gasteiger partial charge in [-0.1, -0.05) is 12.1 Å². The molecule has 0 unspecified atom stereocenters. The maximum Gasteiger partial charge on any atom is 0.215 e. The highest BCUT2D eigenvalue weighted by atomic mass is 32.2. The van der Waals surface area contributed by atoms with E-state index in [4.69, 9.17) is 0 Å². The number of rotatable bonds is 9. The van der Waals surface area contributed by atoms with E-state index in [1.54, 1.807) is 18.3 Å². The van der Waals surface area contributed by atoms with Crippen LogP contribution in [-0.2, 0) is 15.8 Å². The topological polar surface area (TPSA) is 109 Å². The lowest BCUT2D eigenvalue weighted by molar-refractivity contribution is 0.581. The van der Waals surface area contributed by atoms with Crippen LogP contribution >= 0.6 is 0 Å². The summed E-state index contributed by atoms with van der Waals surface area (Å²) in [6, 6.07) is 12.6. The Kier molecular flexibility index (Phi) is 6.68. The predicted octanol–water partition coefficient (Wildman–Crippen LogP) is 2.59. The third kappa shape index (κ3) is 6.77. The molecule has 0 radical (unpaired) electrons. The molecule has 0 aliphatic carbocycles. The summed E-state index contributed by atoms with van der Waals surface area (Å²) in [5.41, 5.74) is 1.60. The zero-order chi connectivity index (χ0) is 20.7. The largest absolute Gasteiger partial charge is 0.367 e. The Hall–Kier alpha value is -3.11. The van der Waals surface area contributed by atoms with Crippen molar-refractivity contribution in [2.24, 2.45) is 0 Å². The number of benzene rings is 1. The van der Waals surface area contributed by atoms with Gasteiger partial charge in [0.1, 0.15) is 17.5 Å². The molecule has 3 aromatic rings. The third-order valence-electron chi connectivity index (χ3n) is 3.86. The highest BCUT2D eigenvalue weighted by Gasteiger charge is 2.11. The van der Waals surface area contributed by atoms with E-state index in [-0.39, 0.29) is 12.3 Å². The molecule has 0 aliphatic rings. The van der Waals surface area contributed by atoms with E-state index in [0.717, 1.165) is 5.56 Å². The molecule has 2 aromatic heterocycles. The average Bonchev–Trinajstić information content (AvgIpc) is 2.68. The number of pyridine rings is 1. The molecule has 0 fully saturated rings. The lowest BCUT2D eigenvalue weighted by atomic mass is 10.2. The smallest absolute Gasteiger partial charge is 0.215 e. The summed E-state index contributed by atoms with van der Waals surface area (Å²) in [4.78, 5) is 4.20. The van der Waals surface area contributed by atoms with Crippen LogP contribution in [0.5, 0.6) is 0 Å². The van der Waals surface area contributed by atoms with Gasteiger partial charge in [-0.05, 0) is 54.4 Å². The van der Waals surface area contributed by atoms with Gasteiger partial charge in [0.15, 0.2) is 5.82 Å². The molecule has 0 atom stereocenters. The van der Waals surface area contributed by atoms with Crippen LogP contribution in [-0.4, -0.2) is 36.7 Å². The van der Waals surface area contributed by atoms with Gasteiger partial charge in [-0.25, -0.2) is 22.5 Å². The average molecular weight is 416 g/mol. The summed E-state index contributed by atoms with van der Waals surface area (Å²) in [5.74, 6) is 1.14. The Bertz CT molecular complexity index is 1040. The van der Waals surface area contributed by atoms with E-state index in [9.17, 15) is 12.8 Å². The number of halogens is 1. The van der Waals surface area contributed by atoms with Gasteiger partial charge < -0.3 is 10.6 Å². The zero-order valence-electron chi connectivity index (χ0n) is 15.8. The number of anilines is 3. The molecule has 3 rings (SSSR count). The van der Waals surface area contributed by atoms with Crippen molar-refractivity contribution in [2.75, 3.05) is 23.7 Å². The normalized spacial score (nSPS) is 11.2. The Labute approximate surface area is 168 Å². The summed E-state index contributed by atoms with van der Waals surface area (Å²) in [6.07, 6.45) is 1.71. The maximum absolute atomic E-state index is 12.9. The van der Waals surface area contributed by atoms with E-state index >= 15 is 0 Å². The van der Waals surface area contributed by atoms with Crippen LogP contribution in [0.2, 0.25) is 0 Å².